The van der Waals surface area contributed by atoms with E-state index < -0.39 is 0 Å². The molecule has 3 aromatic heterocycles. The van der Waals surface area contributed by atoms with E-state index in [2.05, 4.69) is 32.7 Å². The molecule has 2 aromatic carbocycles. The zero-order valence-corrected chi connectivity index (χ0v) is 25.3. The molecule has 10 heteroatoms. The van der Waals surface area contributed by atoms with Crippen LogP contribution in [0.3, 0.4) is 0 Å². The molecule has 0 unspecified atom stereocenters. The Hall–Kier alpha value is -4.67. The Labute approximate surface area is 254 Å². The van der Waals surface area contributed by atoms with Crippen molar-refractivity contribution in [2.24, 2.45) is 7.05 Å². The highest BCUT2D eigenvalue weighted by molar-refractivity contribution is 7.18. The Bertz CT molecular complexity index is 1870. The number of aromatic nitrogens is 2. The van der Waals surface area contributed by atoms with Crippen molar-refractivity contribution in [1.82, 2.24) is 19.4 Å². The van der Waals surface area contributed by atoms with Crippen LogP contribution in [0.15, 0.2) is 66.2 Å². The van der Waals surface area contributed by atoms with E-state index in [9.17, 15) is 9.59 Å². The highest BCUT2D eigenvalue weighted by Crippen LogP contribution is 2.41. The Morgan fingerprint density at radius 2 is 1.91 bits per heavy atom. The zero-order valence-electron chi connectivity index (χ0n) is 24.5. The van der Waals surface area contributed by atoms with Crippen molar-refractivity contribution in [3.8, 4) is 16.9 Å². The van der Waals surface area contributed by atoms with Crippen LogP contribution in [0.2, 0.25) is 0 Å². The second-order valence-corrected chi connectivity index (χ2v) is 11.6. The van der Waals surface area contributed by atoms with Gasteiger partial charge in [0.1, 0.15) is 17.3 Å². The van der Waals surface area contributed by atoms with Gasteiger partial charge in [-0.15, -0.1) is 11.3 Å². The molecule has 0 bridgehead atoms. The fourth-order valence-corrected chi connectivity index (χ4v) is 6.73. The number of amides is 2. The molecule has 1 aliphatic heterocycles. The van der Waals surface area contributed by atoms with Gasteiger partial charge in [0.2, 0.25) is 5.91 Å². The molecule has 4 heterocycles. The summed E-state index contributed by atoms with van der Waals surface area (Å²) in [6, 6.07) is 15.5. The molecule has 0 spiro atoms. The molecule has 0 atom stereocenters. The maximum Gasteiger partial charge on any atom is 0.272 e. The monoisotopic (exact) mass is 594 g/mol. The molecule has 2 amide bonds. The molecular weight excluding hydrogens is 560 g/mol. The number of rotatable bonds is 7. The van der Waals surface area contributed by atoms with Crippen LogP contribution in [0, 0.1) is 0 Å². The number of carbonyl (C=O) groups is 2. The van der Waals surface area contributed by atoms with E-state index in [1.54, 1.807) is 25.4 Å². The third-order valence-electron chi connectivity index (χ3n) is 8.08. The van der Waals surface area contributed by atoms with Crippen LogP contribution in [0.25, 0.3) is 38.2 Å². The van der Waals surface area contributed by atoms with Gasteiger partial charge in [0.25, 0.3) is 5.91 Å². The van der Waals surface area contributed by atoms with Gasteiger partial charge in [-0.2, -0.15) is 0 Å². The number of thiophene rings is 1. The summed E-state index contributed by atoms with van der Waals surface area (Å²) in [7, 11) is 3.48. The average molecular weight is 595 g/mol. The molecule has 0 aliphatic carbocycles. The molecule has 1 fully saturated rings. The summed E-state index contributed by atoms with van der Waals surface area (Å²) in [4.78, 5) is 33.6. The van der Waals surface area contributed by atoms with Crippen molar-refractivity contribution in [1.29, 1.82) is 0 Å². The largest absolute Gasteiger partial charge is 0.495 e. The number of hydrogen-bond acceptors (Lipinski definition) is 7. The summed E-state index contributed by atoms with van der Waals surface area (Å²) in [5.41, 5.74) is 11.4. The van der Waals surface area contributed by atoms with Gasteiger partial charge < -0.3 is 25.3 Å². The lowest BCUT2D eigenvalue weighted by Crippen LogP contribution is -2.47. The maximum atomic E-state index is 13.2. The number of fused-ring (bicyclic) bond motifs is 2. The van der Waals surface area contributed by atoms with Crippen LogP contribution in [0.4, 0.5) is 11.5 Å². The molecule has 1 aliphatic rings. The van der Waals surface area contributed by atoms with Crippen molar-refractivity contribution in [2.75, 3.05) is 50.9 Å². The van der Waals surface area contributed by atoms with Crippen molar-refractivity contribution in [3.05, 3.63) is 77.4 Å². The molecule has 6 rings (SSSR count). The minimum absolute atomic E-state index is 0.136. The smallest absolute Gasteiger partial charge is 0.272 e. The second kappa shape index (κ2) is 11.9. The highest BCUT2D eigenvalue weighted by atomic mass is 32.1. The summed E-state index contributed by atoms with van der Waals surface area (Å²) >= 11 is 1.63. The number of nitrogens with zero attached hydrogens (tertiary/aromatic N) is 4. The summed E-state index contributed by atoms with van der Waals surface area (Å²) < 4.78 is 8.65. The Balaban J connectivity index is 1.22. The van der Waals surface area contributed by atoms with Gasteiger partial charge in [0, 0.05) is 85.0 Å². The minimum Gasteiger partial charge on any atom is -0.495 e. The van der Waals surface area contributed by atoms with Crippen LogP contribution in [0.1, 0.15) is 23.0 Å². The van der Waals surface area contributed by atoms with Crippen LogP contribution in [-0.2, 0) is 11.8 Å². The first kappa shape index (κ1) is 28.4. The second-order valence-electron chi connectivity index (χ2n) is 10.7. The van der Waals surface area contributed by atoms with Crippen molar-refractivity contribution < 1.29 is 14.3 Å². The highest BCUT2D eigenvalue weighted by Gasteiger charge is 2.19. The third-order valence-corrected chi connectivity index (χ3v) is 9.10. The number of aryl methyl sites for hydroxylation is 1. The number of benzene rings is 2. The number of methoxy groups -OCH3 is 1. The summed E-state index contributed by atoms with van der Waals surface area (Å²) in [5.74, 6) is 0.945. The van der Waals surface area contributed by atoms with Gasteiger partial charge in [-0.25, -0.2) is 4.98 Å². The molecular formula is C33H34N6O3S. The van der Waals surface area contributed by atoms with Crippen LogP contribution in [0.5, 0.6) is 5.75 Å². The van der Waals surface area contributed by atoms with E-state index in [-0.39, 0.29) is 11.8 Å². The number of hydrogen-bond donors (Lipinski definition) is 2. The summed E-state index contributed by atoms with van der Waals surface area (Å²) in [6.45, 7) is 5.69. The van der Waals surface area contributed by atoms with Crippen molar-refractivity contribution in [2.45, 2.75) is 6.92 Å². The normalized spacial score (nSPS) is 14.2. The zero-order chi connectivity index (χ0) is 30.1. The fourth-order valence-electron chi connectivity index (χ4n) is 5.65. The number of carbonyl (C=O) groups excluding carboxylic acids is 2. The van der Waals surface area contributed by atoms with Gasteiger partial charge in [-0.3, -0.25) is 14.5 Å². The molecule has 220 valence electrons. The molecule has 3 N–H and O–H groups in total. The predicted molar refractivity (Wildman–Crippen MR) is 175 cm³/mol. The van der Waals surface area contributed by atoms with Gasteiger partial charge >= 0.3 is 0 Å². The van der Waals surface area contributed by atoms with Crippen molar-refractivity contribution in [3.63, 3.8) is 0 Å². The van der Waals surface area contributed by atoms with Crippen molar-refractivity contribution >= 4 is 61.7 Å². The number of para-hydroxylation sites is 1. The number of nitrogen functional groups attached to an aromatic ring is 1. The number of pyridine rings is 1. The van der Waals surface area contributed by atoms with E-state index >= 15 is 0 Å². The quantitative estimate of drug-likeness (QED) is 0.259. The van der Waals surface area contributed by atoms with Crippen LogP contribution in [-0.4, -0.2) is 71.0 Å². The van der Waals surface area contributed by atoms with Gasteiger partial charge in [-0.1, -0.05) is 36.4 Å². The third kappa shape index (κ3) is 5.59. The maximum absolute atomic E-state index is 13.2. The fraction of sp³-hybridized carbons (Fsp3) is 0.242. The van der Waals surface area contributed by atoms with E-state index in [1.165, 1.54) is 0 Å². The van der Waals surface area contributed by atoms with E-state index in [4.69, 9.17) is 10.5 Å². The number of piperazine rings is 1. The summed E-state index contributed by atoms with van der Waals surface area (Å²) in [6.07, 6.45) is 6.05. The average Bonchev–Trinajstić information content (AvgIpc) is 3.61. The Morgan fingerprint density at radius 3 is 2.65 bits per heavy atom. The first-order valence-corrected chi connectivity index (χ1v) is 15.1. The Kier molecular flexibility index (Phi) is 7.88. The van der Waals surface area contributed by atoms with E-state index in [0.717, 1.165) is 70.4 Å². The number of nitrogens with one attached hydrogen (secondary N) is 1. The van der Waals surface area contributed by atoms with Crippen LogP contribution >= 0.6 is 11.3 Å². The Morgan fingerprint density at radius 1 is 1.12 bits per heavy atom. The van der Waals surface area contributed by atoms with E-state index in [1.807, 2.05) is 71.2 Å². The first-order chi connectivity index (χ1) is 20.8. The number of ether oxygens (including phenoxy) is 1. The molecule has 0 saturated carbocycles. The number of nitrogens with two attached hydrogens (primary N) is 1. The lowest BCUT2D eigenvalue weighted by Gasteiger charge is -2.33. The standard InChI is InChI=1S/C33H34N6O3S/c1-21(40)39-15-13-38(14-16-39)12-6-8-24-19-35-32(34)30-25(20-43-31(24)30)22-10-11-26(29(18-22)42-3)36-33(41)28-17-23-7-4-5-9-27(23)37(28)2/h4-11,17-20H,12-16H2,1-3H3,(H2,34,35)(H,36,41). The van der Waals surface area contributed by atoms with E-state index in [0.29, 0.717) is 22.9 Å². The molecule has 9 nitrogen and oxygen atoms in total. The molecule has 1 saturated heterocycles. The summed E-state index contributed by atoms with van der Waals surface area (Å²) in [5, 5.41) is 7.01. The number of anilines is 2. The molecule has 0 radical (unpaired) electrons. The SMILES string of the molecule is COc1cc(-c2csc3c(C=CCN4CCN(C(C)=O)CC4)cnc(N)c23)ccc1NC(=O)c1cc2ccccc2n1C. The van der Waals surface area contributed by atoms with Gasteiger partial charge in [0.15, 0.2) is 0 Å². The molecule has 5 aromatic rings. The predicted octanol–water partition coefficient (Wildman–Crippen LogP) is 5.48. The lowest BCUT2D eigenvalue weighted by molar-refractivity contribution is -0.130. The minimum atomic E-state index is -0.212. The molecule has 43 heavy (non-hydrogen) atoms. The van der Waals surface area contributed by atoms with Gasteiger partial charge in [0.05, 0.1) is 12.8 Å². The topological polar surface area (TPSA) is 106 Å². The lowest BCUT2D eigenvalue weighted by atomic mass is 10.0. The van der Waals surface area contributed by atoms with Crippen LogP contribution < -0.4 is 15.8 Å². The first-order valence-electron chi connectivity index (χ1n) is 14.2. The van der Waals surface area contributed by atoms with Gasteiger partial charge in [-0.05, 0) is 35.2 Å².